The lowest BCUT2D eigenvalue weighted by atomic mass is 10.1. The van der Waals surface area contributed by atoms with E-state index in [-0.39, 0.29) is 0 Å². The number of hydrogen-bond donors (Lipinski definition) is 1. The van der Waals surface area contributed by atoms with Crippen molar-refractivity contribution in [3.8, 4) is 0 Å². The maximum absolute atomic E-state index is 4.66. The van der Waals surface area contributed by atoms with Crippen LogP contribution in [0, 0.1) is 0 Å². The van der Waals surface area contributed by atoms with Crippen LogP contribution in [0.3, 0.4) is 0 Å². The van der Waals surface area contributed by atoms with Crippen molar-refractivity contribution in [3.05, 3.63) is 64.7 Å². The predicted octanol–water partition coefficient (Wildman–Crippen LogP) is 4.71. The Morgan fingerprint density at radius 3 is 2.57 bits per heavy atom. The van der Waals surface area contributed by atoms with Crippen LogP contribution >= 0.6 is 11.3 Å². The minimum absolute atomic E-state index is 0.336. The quantitative estimate of drug-likeness (QED) is 0.737. The lowest BCUT2D eigenvalue weighted by molar-refractivity contribution is 0.573. The van der Waals surface area contributed by atoms with Crippen LogP contribution in [0.1, 0.15) is 36.0 Å². The highest BCUT2D eigenvalue weighted by atomic mass is 32.1. The number of thiazole rings is 1. The second kappa shape index (κ2) is 6.37. The van der Waals surface area contributed by atoms with Crippen molar-refractivity contribution in [2.45, 2.75) is 32.9 Å². The summed E-state index contributed by atoms with van der Waals surface area (Å²) in [7, 11) is 0. The number of benzene rings is 2. The van der Waals surface area contributed by atoms with E-state index < -0.39 is 0 Å². The number of para-hydroxylation sites is 1. The van der Waals surface area contributed by atoms with Gasteiger partial charge >= 0.3 is 0 Å². The summed E-state index contributed by atoms with van der Waals surface area (Å²) in [6.45, 7) is 5.20. The number of nitrogens with zero attached hydrogens (tertiary/aromatic N) is 1. The summed E-state index contributed by atoms with van der Waals surface area (Å²) >= 11 is 1.77. The molecule has 1 atom stereocenters. The topological polar surface area (TPSA) is 24.9 Å². The number of aryl methyl sites for hydroxylation is 1. The van der Waals surface area contributed by atoms with Crippen molar-refractivity contribution in [2.75, 3.05) is 0 Å². The van der Waals surface area contributed by atoms with Crippen LogP contribution in [0.15, 0.2) is 48.5 Å². The zero-order valence-corrected chi connectivity index (χ0v) is 13.3. The van der Waals surface area contributed by atoms with E-state index in [2.05, 4.69) is 66.6 Å². The Labute approximate surface area is 129 Å². The predicted molar refractivity (Wildman–Crippen MR) is 90.7 cm³/mol. The van der Waals surface area contributed by atoms with E-state index >= 15 is 0 Å². The average molecular weight is 296 g/mol. The van der Waals surface area contributed by atoms with E-state index in [9.17, 15) is 0 Å². The SMILES string of the molecule is CCc1ccc(C(C)NCc2nc3ccccc3s2)cc1. The first-order valence-electron chi connectivity index (χ1n) is 7.43. The summed E-state index contributed by atoms with van der Waals surface area (Å²) in [5, 5.41) is 4.71. The highest BCUT2D eigenvalue weighted by molar-refractivity contribution is 7.18. The molecule has 0 spiro atoms. The Kier molecular flexibility index (Phi) is 4.32. The Hall–Kier alpha value is -1.71. The minimum Gasteiger partial charge on any atom is -0.304 e. The van der Waals surface area contributed by atoms with E-state index in [1.807, 2.05) is 6.07 Å². The first-order valence-corrected chi connectivity index (χ1v) is 8.24. The third kappa shape index (κ3) is 3.31. The molecule has 2 aromatic carbocycles. The second-order valence-corrected chi connectivity index (χ2v) is 6.39. The molecule has 0 saturated heterocycles. The average Bonchev–Trinajstić information content (AvgIpc) is 2.95. The van der Waals surface area contributed by atoms with Gasteiger partial charge < -0.3 is 5.32 Å². The molecule has 0 aliphatic rings. The second-order valence-electron chi connectivity index (χ2n) is 5.27. The fourth-order valence-electron chi connectivity index (χ4n) is 2.40. The van der Waals surface area contributed by atoms with Gasteiger partial charge in [0.1, 0.15) is 5.01 Å². The monoisotopic (exact) mass is 296 g/mol. The van der Waals surface area contributed by atoms with E-state index in [1.165, 1.54) is 15.8 Å². The lowest BCUT2D eigenvalue weighted by Gasteiger charge is -2.13. The maximum atomic E-state index is 4.66. The number of hydrogen-bond acceptors (Lipinski definition) is 3. The van der Waals surface area contributed by atoms with E-state index in [4.69, 9.17) is 0 Å². The number of fused-ring (bicyclic) bond motifs is 1. The molecule has 3 heteroatoms. The van der Waals surface area contributed by atoms with Crippen LogP contribution in [0.25, 0.3) is 10.2 Å². The van der Waals surface area contributed by atoms with Gasteiger partial charge in [0.05, 0.1) is 10.2 Å². The zero-order chi connectivity index (χ0) is 14.7. The van der Waals surface area contributed by atoms with Crippen molar-refractivity contribution in [1.29, 1.82) is 0 Å². The van der Waals surface area contributed by atoms with Gasteiger partial charge in [-0.1, -0.05) is 43.3 Å². The van der Waals surface area contributed by atoms with Crippen LogP contribution in [0.2, 0.25) is 0 Å². The Balaban J connectivity index is 1.65. The van der Waals surface area contributed by atoms with Crippen molar-refractivity contribution in [3.63, 3.8) is 0 Å². The summed E-state index contributed by atoms with van der Waals surface area (Å²) in [6, 6.07) is 17.5. The summed E-state index contributed by atoms with van der Waals surface area (Å²) in [5.74, 6) is 0. The molecule has 0 bridgehead atoms. The molecule has 2 nitrogen and oxygen atoms in total. The van der Waals surface area contributed by atoms with Gasteiger partial charge in [-0.3, -0.25) is 0 Å². The molecular weight excluding hydrogens is 276 g/mol. The molecule has 1 unspecified atom stereocenters. The van der Waals surface area contributed by atoms with Crippen molar-refractivity contribution in [1.82, 2.24) is 10.3 Å². The Morgan fingerprint density at radius 1 is 1.10 bits per heavy atom. The van der Waals surface area contributed by atoms with Gasteiger partial charge in [-0.15, -0.1) is 11.3 Å². The smallest absolute Gasteiger partial charge is 0.108 e. The molecule has 0 fully saturated rings. The van der Waals surface area contributed by atoms with Crippen LogP contribution in [-0.4, -0.2) is 4.98 Å². The fourth-order valence-corrected chi connectivity index (χ4v) is 3.31. The standard InChI is InChI=1S/C18H20N2S/c1-3-14-8-10-15(11-9-14)13(2)19-12-18-20-16-6-4-5-7-17(16)21-18/h4-11,13,19H,3,12H2,1-2H3. The van der Waals surface area contributed by atoms with Crippen LogP contribution in [0.5, 0.6) is 0 Å². The molecule has 108 valence electrons. The van der Waals surface area contributed by atoms with Gasteiger partial charge in [0.15, 0.2) is 0 Å². The summed E-state index contributed by atoms with van der Waals surface area (Å²) in [4.78, 5) is 4.66. The van der Waals surface area contributed by atoms with Crippen molar-refractivity contribution in [2.24, 2.45) is 0 Å². The van der Waals surface area contributed by atoms with Gasteiger partial charge in [-0.25, -0.2) is 4.98 Å². The van der Waals surface area contributed by atoms with Gasteiger partial charge in [-0.05, 0) is 36.6 Å². The number of aromatic nitrogens is 1. The van der Waals surface area contributed by atoms with E-state index in [0.717, 1.165) is 23.5 Å². The molecule has 0 saturated carbocycles. The van der Waals surface area contributed by atoms with Crippen LogP contribution in [-0.2, 0) is 13.0 Å². The Morgan fingerprint density at radius 2 is 1.86 bits per heavy atom. The van der Waals surface area contributed by atoms with Gasteiger partial charge in [0.25, 0.3) is 0 Å². The first-order chi connectivity index (χ1) is 10.3. The fraction of sp³-hybridized carbons (Fsp3) is 0.278. The van der Waals surface area contributed by atoms with Crippen molar-refractivity contribution >= 4 is 21.6 Å². The molecule has 3 aromatic rings. The number of rotatable bonds is 5. The number of nitrogens with one attached hydrogen (secondary N) is 1. The van der Waals surface area contributed by atoms with E-state index in [1.54, 1.807) is 11.3 Å². The largest absolute Gasteiger partial charge is 0.304 e. The molecule has 3 rings (SSSR count). The molecule has 0 radical (unpaired) electrons. The molecule has 21 heavy (non-hydrogen) atoms. The first kappa shape index (κ1) is 14.2. The molecule has 0 aliphatic carbocycles. The van der Waals surface area contributed by atoms with Gasteiger partial charge in [0.2, 0.25) is 0 Å². The van der Waals surface area contributed by atoms with Gasteiger partial charge in [-0.2, -0.15) is 0 Å². The molecule has 0 aliphatic heterocycles. The summed E-state index contributed by atoms with van der Waals surface area (Å²) in [5.41, 5.74) is 3.81. The van der Waals surface area contributed by atoms with Gasteiger partial charge in [0, 0.05) is 12.6 Å². The van der Waals surface area contributed by atoms with Crippen LogP contribution < -0.4 is 5.32 Å². The summed E-state index contributed by atoms with van der Waals surface area (Å²) < 4.78 is 1.26. The normalized spacial score (nSPS) is 12.7. The van der Waals surface area contributed by atoms with Crippen LogP contribution in [0.4, 0.5) is 0 Å². The molecule has 1 N–H and O–H groups in total. The maximum Gasteiger partial charge on any atom is 0.108 e. The lowest BCUT2D eigenvalue weighted by Crippen LogP contribution is -2.17. The zero-order valence-electron chi connectivity index (χ0n) is 12.5. The molecule has 1 heterocycles. The third-order valence-electron chi connectivity index (χ3n) is 3.79. The molecule has 1 aromatic heterocycles. The highest BCUT2D eigenvalue weighted by Gasteiger charge is 2.07. The highest BCUT2D eigenvalue weighted by Crippen LogP contribution is 2.22. The third-order valence-corrected chi connectivity index (χ3v) is 4.82. The minimum atomic E-state index is 0.336. The molecular formula is C18H20N2S. The van der Waals surface area contributed by atoms with Crippen molar-refractivity contribution < 1.29 is 0 Å². The summed E-state index contributed by atoms with van der Waals surface area (Å²) in [6.07, 6.45) is 1.09. The Bertz CT molecular complexity index is 682. The van der Waals surface area contributed by atoms with E-state index in [0.29, 0.717) is 6.04 Å². The molecule has 0 amide bonds.